The Labute approximate surface area is 163 Å². The van der Waals surface area contributed by atoms with Gasteiger partial charge in [0.15, 0.2) is 6.61 Å². The number of H-pyrrole nitrogens is 1. The third kappa shape index (κ3) is 4.38. The quantitative estimate of drug-likeness (QED) is 0.515. The normalized spacial score (nSPS) is 11.9. The molecule has 1 heterocycles. The number of amides is 1. The van der Waals surface area contributed by atoms with Gasteiger partial charge in [0, 0.05) is 18.8 Å². The van der Waals surface area contributed by atoms with Crippen LogP contribution in [0, 0.1) is 0 Å². The Morgan fingerprint density at radius 2 is 1.79 bits per heavy atom. The van der Waals surface area contributed by atoms with Crippen LogP contribution in [0.5, 0.6) is 5.75 Å². The molecule has 0 aliphatic heterocycles. The van der Waals surface area contributed by atoms with Crippen LogP contribution in [0.15, 0.2) is 85.2 Å². The second kappa shape index (κ2) is 8.39. The van der Waals surface area contributed by atoms with E-state index in [9.17, 15) is 4.79 Å². The van der Waals surface area contributed by atoms with Gasteiger partial charge in [-0.3, -0.25) is 4.79 Å². The summed E-state index contributed by atoms with van der Waals surface area (Å²) in [5.41, 5.74) is 1.03. The van der Waals surface area contributed by atoms with E-state index in [1.165, 1.54) is 0 Å². The third-order valence-electron chi connectivity index (χ3n) is 4.58. The molecule has 3 aromatic carbocycles. The zero-order valence-corrected chi connectivity index (χ0v) is 15.3. The van der Waals surface area contributed by atoms with Crippen LogP contribution >= 0.6 is 0 Å². The maximum atomic E-state index is 12.5. The highest BCUT2D eigenvalue weighted by Crippen LogP contribution is 2.21. The van der Waals surface area contributed by atoms with Gasteiger partial charge in [0.1, 0.15) is 11.6 Å². The standard InChI is InChI=1S/C23H21N3O2/c27-23(16-28-20-11-10-17-6-4-5-9-19(17)14-20)26-21(15-22-24-12-13-25-22)18-7-2-1-3-8-18/h1-14,21H,15-16H2,(H,24,25)(H,26,27)/t21-/m1/s1. The Morgan fingerprint density at radius 1 is 1.00 bits per heavy atom. The van der Waals surface area contributed by atoms with E-state index in [1.54, 1.807) is 12.4 Å². The molecule has 2 N–H and O–H groups in total. The molecule has 0 bridgehead atoms. The Morgan fingerprint density at radius 3 is 2.57 bits per heavy atom. The average molecular weight is 371 g/mol. The smallest absolute Gasteiger partial charge is 0.258 e. The summed E-state index contributed by atoms with van der Waals surface area (Å²) >= 11 is 0. The fourth-order valence-corrected chi connectivity index (χ4v) is 3.18. The molecule has 0 saturated heterocycles. The first kappa shape index (κ1) is 17.8. The first-order valence-electron chi connectivity index (χ1n) is 9.22. The van der Waals surface area contributed by atoms with Crippen molar-refractivity contribution in [1.29, 1.82) is 0 Å². The number of rotatable bonds is 7. The van der Waals surface area contributed by atoms with Gasteiger partial charge in [0.05, 0.1) is 6.04 Å². The maximum absolute atomic E-state index is 12.5. The van der Waals surface area contributed by atoms with E-state index in [1.807, 2.05) is 72.8 Å². The van der Waals surface area contributed by atoms with Crippen LogP contribution in [0.3, 0.4) is 0 Å². The van der Waals surface area contributed by atoms with Gasteiger partial charge in [-0.15, -0.1) is 0 Å². The molecule has 0 aliphatic rings. The highest BCUT2D eigenvalue weighted by Gasteiger charge is 2.16. The SMILES string of the molecule is O=C(COc1ccc2ccccc2c1)N[C@H](Cc1ncc[nH]1)c1ccccc1. The summed E-state index contributed by atoms with van der Waals surface area (Å²) in [6.07, 6.45) is 4.07. The van der Waals surface area contributed by atoms with Crippen molar-refractivity contribution in [2.45, 2.75) is 12.5 Å². The molecule has 4 aromatic rings. The summed E-state index contributed by atoms with van der Waals surface area (Å²) in [5.74, 6) is 1.33. The molecule has 0 spiro atoms. The molecule has 0 fully saturated rings. The summed E-state index contributed by atoms with van der Waals surface area (Å²) in [6.45, 7) is -0.0418. The van der Waals surface area contributed by atoms with Crippen molar-refractivity contribution in [1.82, 2.24) is 15.3 Å². The lowest BCUT2D eigenvalue weighted by Crippen LogP contribution is -2.34. The number of aromatic nitrogens is 2. The van der Waals surface area contributed by atoms with E-state index in [4.69, 9.17) is 4.74 Å². The highest BCUT2D eigenvalue weighted by atomic mass is 16.5. The van der Waals surface area contributed by atoms with Crippen molar-refractivity contribution in [3.63, 3.8) is 0 Å². The van der Waals surface area contributed by atoms with Crippen LogP contribution in [0.1, 0.15) is 17.4 Å². The van der Waals surface area contributed by atoms with Crippen LogP contribution in [0.4, 0.5) is 0 Å². The summed E-state index contributed by atoms with van der Waals surface area (Å²) in [4.78, 5) is 19.9. The van der Waals surface area contributed by atoms with Crippen LogP contribution in [0.25, 0.3) is 10.8 Å². The molecule has 5 heteroatoms. The number of hydrogen-bond acceptors (Lipinski definition) is 3. The summed E-state index contributed by atoms with van der Waals surface area (Å²) in [5, 5.41) is 5.28. The number of carbonyl (C=O) groups excluding carboxylic acids is 1. The fraction of sp³-hybridized carbons (Fsp3) is 0.130. The monoisotopic (exact) mass is 371 g/mol. The molecule has 1 aromatic heterocycles. The molecule has 5 nitrogen and oxygen atoms in total. The van der Waals surface area contributed by atoms with Crippen molar-refractivity contribution < 1.29 is 9.53 Å². The minimum atomic E-state index is -0.181. The molecule has 28 heavy (non-hydrogen) atoms. The highest BCUT2D eigenvalue weighted by molar-refractivity contribution is 5.84. The number of ether oxygens (including phenoxy) is 1. The molecule has 1 atom stereocenters. The van der Waals surface area contributed by atoms with Crippen LogP contribution in [-0.2, 0) is 11.2 Å². The minimum Gasteiger partial charge on any atom is -0.484 e. The topological polar surface area (TPSA) is 67.0 Å². The Kier molecular flexibility index (Phi) is 5.33. The molecular formula is C23H21N3O2. The van der Waals surface area contributed by atoms with Crippen molar-refractivity contribution in [2.75, 3.05) is 6.61 Å². The summed E-state index contributed by atoms with van der Waals surface area (Å²) in [6, 6.07) is 23.6. The van der Waals surface area contributed by atoms with E-state index < -0.39 is 0 Å². The molecule has 0 radical (unpaired) electrons. The largest absolute Gasteiger partial charge is 0.484 e. The zero-order chi connectivity index (χ0) is 19.2. The van der Waals surface area contributed by atoms with Crippen molar-refractivity contribution in [3.8, 4) is 5.75 Å². The Bertz CT molecular complexity index is 1050. The molecule has 140 valence electrons. The van der Waals surface area contributed by atoms with Crippen LogP contribution in [0.2, 0.25) is 0 Å². The van der Waals surface area contributed by atoms with Gasteiger partial charge in [-0.05, 0) is 28.5 Å². The molecular weight excluding hydrogens is 350 g/mol. The molecule has 0 unspecified atom stereocenters. The van der Waals surface area contributed by atoms with Gasteiger partial charge in [0.25, 0.3) is 5.91 Å². The molecule has 1 amide bonds. The summed E-state index contributed by atoms with van der Waals surface area (Å²) in [7, 11) is 0. The van der Waals surface area contributed by atoms with Crippen LogP contribution in [-0.4, -0.2) is 22.5 Å². The number of imidazole rings is 1. The summed E-state index contributed by atoms with van der Waals surface area (Å²) < 4.78 is 5.71. The van der Waals surface area contributed by atoms with E-state index in [2.05, 4.69) is 15.3 Å². The number of fused-ring (bicyclic) bond motifs is 1. The van der Waals surface area contributed by atoms with Crippen molar-refractivity contribution in [3.05, 3.63) is 96.6 Å². The van der Waals surface area contributed by atoms with Crippen molar-refractivity contribution in [2.24, 2.45) is 0 Å². The van der Waals surface area contributed by atoms with E-state index >= 15 is 0 Å². The number of benzene rings is 3. The lowest BCUT2D eigenvalue weighted by molar-refractivity contribution is -0.123. The number of carbonyl (C=O) groups is 1. The molecule has 0 saturated carbocycles. The van der Waals surface area contributed by atoms with Gasteiger partial charge in [-0.25, -0.2) is 4.98 Å². The fourth-order valence-electron chi connectivity index (χ4n) is 3.18. The number of nitrogens with one attached hydrogen (secondary N) is 2. The van der Waals surface area contributed by atoms with Gasteiger partial charge in [0.2, 0.25) is 0 Å². The Balaban J connectivity index is 1.42. The lowest BCUT2D eigenvalue weighted by Gasteiger charge is -2.18. The van der Waals surface area contributed by atoms with Gasteiger partial charge in [-0.2, -0.15) is 0 Å². The van der Waals surface area contributed by atoms with Gasteiger partial charge in [-0.1, -0.05) is 60.7 Å². The van der Waals surface area contributed by atoms with Gasteiger partial charge >= 0.3 is 0 Å². The second-order valence-electron chi connectivity index (χ2n) is 6.57. The second-order valence-corrected chi connectivity index (χ2v) is 6.57. The van der Waals surface area contributed by atoms with E-state index in [0.717, 1.165) is 22.2 Å². The number of hydrogen-bond donors (Lipinski definition) is 2. The van der Waals surface area contributed by atoms with E-state index in [-0.39, 0.29) is 18.6 Å². The molecule has 4 rings (SSSR count). The molecule has 0 aliphatic carbocycles. The predicted molar refractivity (Wildman–Crippen MR) is 109 cm³/mol. The minimum absolute atomic E-state index is 0.0418. The number of nitrogens with zero attached hydrogens (tertiary/aromatic N) is 1. The first-order chi connectivity index (χ1) is 13.8. The van der Waals surface area contributed by atoms with E-state index in [0.29, 0.717) is 12.2 Å². The average Bonchev–Trinajstić information content (AvgIpc) is 3.25. The third-order valence-corrected chi connectivity index (χ3v) is 4.58. The first-order valence-corrected chi connectivity index (χ1v) is 9.22. The predicted octanol–water partition coefficient (Wildman–Crippen LogP) is 4.04. The maximum Gasteiger partial charge on any atom is 0.258 e. The number of aromatic amines is 1. The van der Waals surface area contributed by atoms with Gasteiger partial charge < -0.3 is 15.0 Å². The van der Waals surface area contributed by atoms with Crippen LogP contribution < -0.4 is 10.1 Å². The van der Waals surface area contributed by atoms with Crippen molar-refractivity contribution >= 4 is 16.7 Å². The Hall–Kier alpha value is -3.60. The zero-order valence-electron chi connectivity index (χ0n) is 15.3. The lowest BCUT2D eigenvalue weighted by atomic mass is 10.0.